The summed E-state index contributed by atoms with van der Waals surface area (Å²) in [4.78, 5) is 10.9. The normalized spacial score (nSPS) is 9.17. The molecule has 0 spiro atoms. The summed E-state index contributed by atoms with van der Waals surface area (Å²) < 4.78 is 0. The summed E-state index contributed by atoms with van der Waals surface area (Å²) in [5.41, 5.74) is 1.95. The summed E-state index contributed by atoms with van der Waals surface area (Å²) in [6.07, 6.45) is 5.14. The Kier molecular flexibility index (Phi) is 3.22. The third-order valence-electron chi connectivity index (χ3n) is 1.22. The smallest absolute Gasteiger partial charge is 0.0932 e. The molecule has 2 heterocycles. The standard InChI is InChI=1S/C6H5N3.C2H7N/c1-2-7-3-6-5(1)8-4-9-6;1-3-2/h1-4H,(H,8,9);3H,1-2H3. The third-order valence-corrected chi connectivity index (χ3v) is 1.22. The van der Waals surface area contributed by atoms with E-state index in [0.717, 1.165) is 11.0 Å². The largest absolute Gasteiger partial charge is 0.343 e. The predicted molar refractivity (Wildman–Crippen MR) is 48.9 cm³/mol. The molecule has 2 aromatic heterocycles. The van der Waals surface area contributed by atoms with Gasteiger partial charge in [-0.1, -0.05) is 0 Å². The molecule has 0 saturated carbocycles. The number of imidazole rings is 1. The minimum atomic E-state index is 0.963. The molecule has 0 fully saturated rings. The van der Waals surface area contributed by atoms with Crippen LogP contribution in [0.25, 0.3) is 11.0 Å². The number of nitrogens with zero attached hydrogens (tertiary/aromatic N) is 2. The Labute approximate surface area is 71.0 Å². The van der Waals surface area contributed by atoms with Gasteiger partial charge in [0.25, 0.3) is 0 Å². The van der Waals surface area contributed by atoms with Gasteiger partial charge in [0, 0.05) is 6.20 Å². The molecule has 0 atom stereocenters. The van der Waals surface area contributed by atoms with Gasteiger partial charge in [-0.05, 0) is 20.2 Å². The number of fused-ring (bicyclic) bond motifs is 1. The Morgan fingerprint density at radius 3 is 2.83 bits per heavy atom. The van der Waals surface area contributed by atoms with E-state index in [0.29, 0.717) is 0 Å². The van der Waals surface area contributed by atoms with Gasteiger partial charge in [0.2, 0.25) is 0 Å². The lowest BCUT2D eigenvalue weighted by Gasteiger charge is -1.80. The molecule has 0 aliphatic heterocycles. The van der Waals surface area contributed by atoms with E-state index in [1.54, 1.807) is 18.7 Å². The van der Waals surface area contributed by atoms with Crippen molar-refractivity contribution in [3.05, 3.63) is 24.8 Å². The first-order chi connectivity index (χ1) is 5.88. The van der Waals surface area contributed by atoms with Gasteiger partial charge in [-0.3, -0.25) is 4.98 Å². The molecule has 0 radical (unpaired) electrons. The van der Waals surface area contributed by atoms with Crippen LogP contribution in [-0.4, -0.2) is 29.0 Å². The topological polar surface area (TPSA) is 53.6 Å². The van der Waals surface area contributed by atoms with Crippen molar-refractivity contribution in [1.82, 2.24) is 20.3 Å². The maximum Gasteiger partial charge on any atom is 0.0932 e. The van der Waals surface area contributed by atoms with Gasteiger partial charge in [0.1, 0.15) is 0 Å². The molecule has 2 aromatic rings. The first kappa shape index (κ1) is 8.67. The minimum absolute atomic E-state index is 0.963. The van der Waals surface area contributed by atoms with Crippen molar-refractivity contribution in [3.8, 4) is 0 Å². The van der Waals surface area contributed by atoms with Crippen LogP contribution in [0.1, 0.15) is 0 Å². The molecule has 0 aliphatic rings. The fourth-order valence-corrected chi connectivity index (χ4v) is 0.782. The van der Waals surface area contributed by atoms with Crippen LogP contribution in [0.15, 0.2) is 24.8 Å². The summed E-state index contributed by atoms with van der Waals surface area (Å²) >= 11 is 0. The number of aromatic amines is 1. The number of rotatable bonds is 0. The summed E-state index contributed by atoms with van der Waals surface area (Å²) in [6.45, 7) is 0. The maximum atomic E-state index is 4.02. The lowest BCUT2D eigenvalue weighted by atomic mass is 10.4. The first-order valence-corrected chi connectivity index (χ1v) is 3.70. The lowest BCUT2D eigenvalue weighted by molar-refractivity contribution is 1.02. The van der Waals surface area contributed by atoms with Crippen LogP contribution in [0, 0.1) is 0 Å². The van der Waals surface area contributed by atoms with Crippen molar-refractivity contribution in [2.45, 2.75) is 0 Å². The molecular weight excluding hydrogens is 152 g/mol. The Morgan fingerprint density at radius 2 is 2.17 bits per heavy atom. The van der Waals surface area contributed by atoms with Gasteiger partial charge >= 0.3 is 0 Å². The zero-order chi connectivity index (χ0) is 8.81. The van der Waals surface area contributed by atoms with Gasteiger partial charge in [0.05, 0.1) is 23.6 Å². The SMILES string of the molecule is CNC.c1cc2nc[nH]c2cn1. The number of H-pyrrole nitrogens is 1. The van der Waals surface area contributed by atoms with Gasteiger partial charge in [-0.25, -0.2) is 4.98 Å². The molecule has 0 aliphatic carbocycles. The highest BCUT2D eigenvalue weighted by Crippen LogP contribution is 2.03. The van der Waals surface area contributed by atoms with Crippen LogP contribution in [-0.2, 0) is 0 Å². The maximum absolute atomic E-state index is 4.02. The van der Waals surface area contributed by atoms with E-state index in [1.165, 1.54) is 0 Å². The van der Waals surface area contributed by atoms with E-state index in [-0.39, 0.29) is 0 Å². The van der Waals surface area contributed by atoms with Gasteiger partial charge in [0.15, 0.2) is 0 Å². The second-order valence-electron chi connectivity index (χ2n) is 2.30. The summed E-state index contributed by atoms with van der Waals surface area (Å²) in [5.74, 6) is 0. The molecule has 0 amide bonds. The van der Waals surface area contributed by atoms with Gasteiger partial charge in [-0.2, -0.15) is 0 Å². The average Bonchev–Trinajstić information content (AvgIpc) is 2.52. The van der Waals surface area contributed by atoms with Gasteiger partial charge in [-0.15, -0.1) is 0 Å². The van der Waals surface area contributed by atoms with Crippen molar-refractivity contribution >= 4 is 11.0 Å². The number of pyridine rings is 1. The monoisotopic (exact) mass is 164 g/mol. The highest BCUT2D eigenvalue weighted by Gasteiger charge is 1.89. The first-order valence-electron chi connectivity index (χ1n) is 3.70. The number of aromatic nitrogens is 3. The van der Waals surface area contributed by atoms with Crippen molar-refractivity contribution in [3.63, 3.8) is 0 Å². The predicted octanol–water partition coefficient (Wildman–Crippen LogP) is 0.793. The van der Waals surface area contributed by atoms with E-state index in [4.69, 9.17) is 0 Å². The molecule has 0 saturated heterocycles. The van der Waals surface area contributed by atoms with Crippen molar-refractivity contribution in [2.75, 3.05) is 14.1 Å². The molecule has 2 N–H and O–H groups in total. The fraction of sp³-hybridized carbons (Fsp3) is 0.250. The average molecular weight is 164 g/mol. The van der Waals surface area contributed by atoms with Crippen LogP contribution in [0.4, 0.5) is 0 Å². The fourth-order valence-electron chi connectivity index (χ4n) is 0.782. The highest BCUT2D eigenvalue weighted by molar-refractivity contribution is 5.72. The second-order valence-corrected chi connectivity index (χ2v) is 2.30. The zero-order valence-electron chi connectivity index (χ0n) is 7.20. The van der Waals surface area contributed by atoms with Crippen LogP contribution in [0.2, 0.25) is 0 Å². The molecule has 4 heteroatoms. The molecule has 4 nitrogen and oxygen atoms in total. The highest BCUT2D eigenvalue weighted by atomic mass is 14.9. The van der Waals surface area contributed by atoms with Crippen LogP contribution in [0.5, 0.6) is 0 Å². The summed E-state index contributed by atoms with van der Waals surface area (Å²) in [6, 6.07) is 1.87. The quantitative estimate of drug-likeness (QED) is 0.605. The lowest BCUT2D eigenvalue weighted by Crippen LogP contribution is -1.89. The van der Waals surface area contributed by atoms with Gasteiger partial charge < -0.3 is 10.3 Å². The number of nitrogens with one attached hydrogen (secondary N) is 2. The molecule has 0 bridgehead atoms. The van der Waals surface area contributed by atoms with E-state index >= 15 is 0 Å². The van der Waals surface area contributed by atoms with Crippen LogP contribution >= 0.6 is 0 Å². The van der Waals surface area contributed by atoms with E-state index < -0.39 is 0 Å². The minimum Gasteiger partial charge on any atom is -0.343 e. The van der Waals surface area contributed by atoms with Crippen LogP contribution < -0.4 is 5.32 Å². The molecule has 0 aromatic carbocycles. The Bertz CT molecular complexity index is 298. The van der Waals surface area contributed by atoms with E-state index in [1.807, 2.05) is 20.2 Å². The number of hydrogen-bond acceptors (Lipinski definition) is 3. The molecule has 0 unspecified atom stereocenters. The number of hydrogen-bond donors (Lipinski definition) is 2. The Morgan fingerprint density at radius 1 is 1.42 bits per heavy atom. The summed E-state index contributed by atoms with van der Waals surface area (Å²) in [7, 11) is 3.75. The van der Waals surface area contributed by atoms with Crippen molar-refractivity contribution in [2.24, 2.45) is 0 Å². The second kappa shape index (κ2) is 4.46. The molecule has 12 heavy (non-hydrogen) atoms. The molecular formula is C8H12N4. The van der Waals surface area contributed by atoms with Crippen molar-refractivity contribution in [1.29, 1.82) is 0 Å². The van der Waals surface area contributed by atoms with Crippen molar-refractivity contribution < 1.29 is 0 Å². The summed E-state index contributed by atoms with van der Waals surface area (Å²) in [5, 5.41) is 2.75. The van der Waals surface area contributed by atoms with E-state index in [9.17, 15) is 0 Å². The third kappa shape index (κ3) is 2.03. The van der Waals surface area contributed by atoms with Crippen LogP contribution in [0.3, 0.4) is 0 Å². The zero-order valence-corrected chi connectivity index (χ0v) is 7.20. The molecule has 64 valence electrons. The van der Waals surface area contributed by atoms with E-state index in [2.05, 4.69) is 20.3 Å². The Balaban J connectivity index is 0.000000213. The Hall–Kier alpha value is -1.42. The molecule has 2 rings (SSSR count).